The van der Waals surface area contributed by atoms with Crippen molar-refractivity contribution in [3.8, 4) is 0 Å². The largest absolute Gasteiger partial charge is 0.303 e. The molecule has 0 spiro atoms. The third kappa shape index (κ3) is 8.55. The van der Waals surface area contributed by atoms with E-state index >= 15 is 0 Å². The summed E-state index contributed by atoms with van der Waals surface area (Å²) >= 11 is 0. The summed E-state index contributed by atoms with van der Waals surface area (Å²) in [6, 6.07) is 0. The molecule has 0 N–H and O–H groups in total. The summed E-state index contributed by atoms with van der Waals surface area (Å²) in [5.41, 5.74) is 0. The van der Waals surface area contributed by atoms with Gasteiger partial charge in [0.2, 0.25) is 0 Å². The zero-order valence-electron chi connectivity index (χ0n) is 10.7. The highest BCUT2D eigenvalue weighted by atomic mass is 15.1. The maximum Gasteiger partial charge on any atom is 0.000438 e. The van der Waals surface area contributed by atoms with E-state index in [-0.39, 0.29) is 0 Å². The van der Waals surface area contributed by atoms with Gasteiger partial charge in [-0.25, -0.2) is 0 Å². The average Bonchev–Trinajstić information content (AvgIpc) is 2.13. The zero-order valence-corrected chi connectivity index (χ0v) is 10.7. The third-order valence-electron chi connectivity index (χ3n) is 2.53. The van der Waals surface area contributed by atoms with Gasteiger partial charge in [-0.1, -0.05) is 47.0 Å². The highest BCUT2D eigenvalue weighted by molar-refractivity contribution is 4.60. The number of hydrogen-bond donors (Lipinski definition) is 0. The van der Waals surface area contributed by atoms with Crippen LogP contribution in [-0.4, -0.2) is 24.5 Å². The summed E-state index contributed by atoms with van der Waals surface area (Å²) in [6.45, 7) is 13.1. The van der Waals surface area contributed by atoms with E-state index in [9.17, 15) is 0 Å². The minimum atomic E-state index is 0.813. The second-order valence-electron chi connectivity index (χ2n) is 4.76. The number of unbranched alkanes of at least 4 members (excludes halogenated alkanes) is 3. The van der Waals surface area contributed by atoms with E-state index < -0.39 is 0 Å². The summed E-state index contributed by atoms with van der Waals surface area (Å²) in [6.07, 6.45) is 6.79. The molecule has 0 saturated heterocycles. The highest BCUT2D eigenvalue weighted by Gasteiger charge is 2.05. The molecule has 1 nitrogen and oxygen atoms in total. The Kier molecular flexibility index (Phi) is 9.49. The van der Waals surface area contributed by atoms with Crippen molar-refractivity contribution in [1.82, 2.24) is 4.90 Å². The van der Waals surface area contributed by atoms with Gasteiger partial charge in [-0.2, -0.15) is 0 Å². The first-order valence-corrected chi connectivity index (χ1v) is 6.43. The molecule has 0 aliphatic rings. The minimum absolute atomic E-state index is 0.813. The first kappa shape index (κ1) is 14.0. The van der Waals surface area contributed by atoms with Crippen LogP contribution in [-0.2, 0) is 0 Å². The van der Waals surface area contributed by atoms with Crippen LogP contribution in [0, 0.1) is 5.92 Å². The van der Waals surface area contributed by atoms with E-state index in [1.54, 1.807) is 0 Å². The molecule has 0 aliphatic heterocycles. The average molecular weight is 199 g/mol. The Bertz CT molecular complexity index is 110. The molecule has 14 heavy (non-hydrogen) atoms. The summed E-state index contributed by atoms with van der Waals surface area (Å²) in [5, 5.41) is 0. The first-order chi connectivity index (χ1) is 6.70. The van der Waals surface area contributed by atoms with Gasteiger partial charge < -0.3 is 4.90 Å². The van der Waals surface area contributed by atoms with Crippen LogP contribution in [0.5, 0.6) is 0 Å². The second-order valence-corrected chi connectivity index (χ2v) is 4.76. The summed E-state index contributed by atoms with van der Waals surface area (Å²) < 4.78 is 0. The third-order valence-corrected chi connectivity index (χ3v) is 2.53. The topological polar surface area (TPSA) is 3.24 Å². The summed E-state index contributed by atoms with van der Waals surface area (Å²) in [4.78, 5) is 2.64. The molecule has 0 heterocycles. The molecule has 0 aliphatic carbocycles. The van der Waals surface area contributed by atoms with Crippen molar-refractivity contribution >= 4 is 0 Å². The Hall–Kier alpha value is -0.0400. The van der Waals surface area contributed by atoms with Gasteiger partial charge in [0.15, 0.2) is 0 Å². The molecule has 86 valence electrons. The van der Waals surface area contributed by atoms with Gasteiger partial charge in [0, 0.05) is 6.54 Å². The van der Waals surface area contributed by atoms with E-state index in [0.29, 0.717) is 0 Å². The van der Waals surface area contributed by atoms with Gasteiger partial charge >= 0.3 is 0 Å². The van der Waals surface area contributed by atoms with Crippen molar-refractivity contribution in [2.24, 2.45) is 5.92 Å². The predicted octanol–water partition coefficient (Wildman–Crippen LogP) is 3.93. The number of nitrogens with zero attached hydrogens (tertiary/aromatic N) is 1. The fraction of sp³-hybridized carbons (Fsp3) is 1.00. The number of hydrogen-bond acceptors (Lipinski definition) is 1. The Morgan fingerprint density at radius 3 is 1.93 bits per heavy atom. The fourth-order valence-electron chi connectivity index (χ4n) is 1.78. The molecule has 0 fully saturated rings. The van der Waals surface area contributed by atoms with Gasteiger partial charge in [0.25, 0.3) is 0 Å². The van der Waals surface area contributed by atoms with Crippen LogP contribution in [0.1, 0.15) is 59.8 Å². The molecule has 0 unspecified atom stereocenters. The molecule has 0 aromatic heterocycles. The Morgan fingerprint density at radius 2 is 1.43 bits per heavy atom. The summed E-state index contributed by atoms with van der Waals surface area (Å²) in [7, 11) is 0. The molecular weight excluding hydrogens is 170 g/mol. The maximum absolute atomic E-state index is 2.64. The Balaban J connectivity index is 3.61. The van der Waals surface area contributed by atoms with E-state index in [2.05, 4.69) is 32.6 Å². The van der Waals surface area contributed by atoms with Crippen LogP contribution in [0.4, 0.5) is 0 Å². The lowest BCUT2D eigenvalue weighted by Crippen LogP contribution is -2.29. The van der Waals surface area contributed by atoms with Crippen LogP contribution in [0.2, 0.25) is 0 Å². The van der Waals surface area contributed by atoms with Crippen molar-refractivity contribution in [2.45, 2.75) is 59.8 Å². The molecule has 0 aromatic carbocycles. The van der Waals surface area contributed by atoms with E-state index in [4.69, 9.17) is 0 Å². The van der Waals surface area contributed by atoms with Crippen LogP contribution in [0.3, 0.4) is 0 Å². The molecule has 0 saturated carbocycles. The lowest BCUT2D eigenvalue weighted by Gasteiger charge is -2.23. The second kappa shape index (κ2) is 9.51. The highest BCUT2D eigenvalue weighted by Crippen LogP contribution is 2.04. The number of rotatable bonds is 9. The van der Waals surface area contributed by atoms with Gasteiger partial charge in [-0.3, -0.25) is 0 Å². The maximum atomic E-state index is 2.64. The SMILES string of the molecule is CCCCCN(CCCC)CC(C)C. The van der Waals surface area contributed by atoms with Crippen molar-refractivity contribution in [3.63, 3.8) is 0 Å². The molecule has 0 bridgehead atoms. The standard InChI is InChI=1S/C13H29N/c1-5-7-9-11-14(10-8-6-2)12-13(3)4/h13H,5-12H2,1-4H3. The quantitative estimate of drug-likeness (QED) is 0.508. The molecule has 0 rings (SSSR count). The molecule has 1 heteroatoms. The lowest BCUT2D eigenvalue weighted by molar-refractivity contribution is 0.236. The summed E-state index contributed by atoms with van der Waals surface area (Å²) in [5.74, 6) is 0.813. The van der Waals surface area contributed by atoms with E-state index in [0.717, 1.165) is 5.92 Å². The lowest BCUT2D eigenvalue weighted by atomic mass is 10.1. The molecule has 0 aromatic rings. The Labute approximate surface area is 90.9 Å². The first-order valence-electron chi connectivity index (χ1n) is 6.43. The predicted molar refractivity (Wildman–Crippen MR) is 65.7 cm³/mol. The van der Waals surface area contributed by atoms with Crippen molar-refractivity contribution < 1.29 is 0 Å². The van der Waals surface area contributed by atoms with Crippen LogP contribution < -0.4 is 0 Å². The van der Waals surface area contributed by atoms with Crippen molar-refractivity contribution in [2.75, 3.05) is 19.6 Å². The van der Waals surface area contributed by atoms with Crippen LogP contribution in [0.25, 0.3) is 0 Å². The normalized spacial score (nSPS) is 11.6. The van der Waals surface area contributed by atoms with Crippen molar-refractivity contribution in [3.05, 3.63) is 0 Å². The van der Waals surface area contributed by atoms with E-state index in [1.165, 1.54) is 51.7 Å². The van der Waals surface area contributed by atoms with Crippen LogP contribution >= 0.6 is 0 Å². The van der Waals surface area contributed by atoms with Crippen molar-refractivity contribution in [1.29, 1.82) is 0 Å². The molecule has 0 atom stereocenters. The molecular formula is C13H29N. The van der Waals surface area contributed by atoms with Crippen LogP contribution in [0.15, 0.2) is 0 Å². The molecule has 0 radical (unpaired) electrons. The van der Waals surface area contributed by atoms with Gasteiger partial charge in [-0.05, 0) is 31.8 Å². The van der Waals surface area contributed by atoms with Gasteiger partial charge in [-0.15, -0.1) is 0 Å². The van der Waals surface area contributed by atoms with E-state index in [1.807, 2.05) is 0 Å². The Morgan fingerprint density at radius 1 is 0.857 bits per heavy atom. The van der Waals surface area contributed by atoms with Gasteiger partial charge in [0.05, 0.1) is 0 Å². The fourth-order valence-corrected chi connectivity index (χ4v) is 1.78. The zero-order chi connectivity index (χ0) is 10.8. The molecule has 0 amide bonds. The smallest absolute Gasteiger partial charge is 0.000438 e. The monoisotopic (exact) mass is 199 g/mol. The van der Waals surface area contributed by atoms with Gasteiger partial charge in [0.1, 0.15) is 0 Å². The minimum Gasteiger partial charge on any atom is -0.303 e.